The SMILES string of the molecule is CCOc1c(/C(C)=C/C(=O)NCCOC)cc2c(-c3ccc(F)cc3)coc2c1C. The van der Waals surface area contributed by atoms with Crippen LogP contribution in [0.4, 0.5) is 4.39 Å². The molecule has 5 nitrogen and oxygen atoms in total. The highest BCUT2D eigenvalue weighted by molar-refractivity contribution is 6.01. The molecule has 0 fully saturated rings. The van der Waals surface area contributed by atoms with E-state index in [4.69, 9.17) is 13.9 Å². The molecule has 0 aliphatic carbocycles. The predicted octanol–water partition coefficient (Wildman–Crippen LogP) is 5.11. The highest BCUT2D eigenvalue weighted by atomic mass is 19.1. The first-order valence-corrected chi connectivity index (χ1v) is 9.85. The minimum atomic E-state index is -0.291. The van der Waals surface area contributed by atoms with Crippen molar-refractivity contribution in [1.29, 1.82) is 0 Å². The number of carbonyl (C=O) groups excluding carboxylic acids is 1. The topological polar surface area (TPSA) is 60.7 Å². The normalized spacial score (nSPS) is 11.7. The van der Waals surface area contributed by atoms with Crippen LogP contribution in [0, 0.1) is 12.7 Å². The van der Waals surface area contributed by atoms with Crippen molar-refractivity contribution in [3.63, 3.8) is 0 Å². The number of halogens is 1. The lowest BCUT2D eigenvalue weighted by molar-refractivity contribution is -0.116. The predicted molar refractivity (Wildman–Crippen MR) is 116 cm³/mol. The molecule has 0 atom stereocenters. The summed E-state index contributed by atoms with van der Waals surface area (Å²) in [6.45, 7) is 7.08. The summed E-state index contributed by atoms with van der Waals surface area (Å²) in [5.41, 5.74) is 4.85. The van der Waals surface area contributed by atoms with E-state index in [-0.39, 0.29) is 11.7 Å². The van der Waals surface area contributed by atoms with E-state index >= 15 is 0 Å². The van der Waals surface area contributed by atoms with E-state index in [1.165, 1.54) is 12.1 Å². The van der Waals surface area contributed by atoms with Crippen LogP contribution in [0.2, 0.25) is 0 Å². The van der Waals surface area contributed by atoms with Crippen molar-refractivity contribution in [2.24, 2.45) is 0 Å². The molecule has 1 amide bonds. The molecule has 0 aliphatic heterocycles. The third kappa shape index (κ3) is 4.54. The maximum absolute atomic E-state index is 13.4. The van der Waals surface area contributed by atoms with Gasteiger partial charge in [0, 0.05) is 41.8 Å². The zero-order valence-corrected chi connectivity index (χ0v) is 17.7. The van der Waals surface area contributed by atoms with Gasteiger partial charge in [0.2, 0.25) is 5.91 Å². The smallest absolute Gasteiger partial charge is 0.244 e. The van der Waals surface area contributed by atoms with Crippen LogP contribution in [-0.2, 0) is 9.53 Å². The van der Waals surface area contributed by atoms with Crippen molar-refractivity contribution >= 4 is 22.4 Å². The number of ether oxygens (including phenoxy) is 2. The van der Waals surface area contributed by atoms with Crippen molar-refractivity contribution in [2.75, 3.05) is 26.9 Å². The Morgan fingerprint density at radius 1 is 1.27 bits per heavy atom. The van der Waals surface area contributed by atoms with E-state index in [0.29, 0.717) is 31.1 Å². The number of carbonyl (C=O) groups is 1. The molecule has 0 aliphatic rings. The van der Waals surface area contributed by atoms with Gasteiger partial charge in [-0.15, -0.1) is 0 Å². The fourth-order valence-corrected chi connectivity index (χ4v) is 3.39. The van der Waals surface area contributed by atoms with Gasteiger partial charge in [0.15, 0.2) is 0 Å². The third-order valence-electron chi connectivity index (χ3n) is 4.87. The Labute approximate surface area is 175 Å². The molecular formula is C24H26FNO4. The first-order valence-electron chi connectivity index (χ1n) is 9.85. The molecule has 158 valence electrons. The summed E-state index contributed by atoms with van der Waals surface area (Å²) < 4.78 is 30.1. The summed E-state index contributed by atoms with van der Waals surface area (Å²) in [7, 11) is 1.59. The third-order valence-corrected chi connectivity index (χ3v) is 4.87. The summed E-state index contributed by atoms with van der Waals surface area (Å²) >= 11 is 0. The van der Waals surface area contributed by atoms with E-state index in [1.54, 1.807) is 31.6 Å². The second kappa shape index (κ2) is 9.59. The average Bonchev–Trinajstić information content (AvgIpc) is 3.15. The number of hydrogen-bond acceptors (Lipinski definition) is 4. The van der Waals surface area contributed by atoms with Crippen LogP contribution in [0.15, 0.2) is 47.1 Å². The molecule has 1 heterocycles. The highest BCUT2D eigenvalue weighted by Crippen LogP contribution is 2.40. The zero-order valence-electron chi connectivity index (χ0n) is 17.7. The number of furan rings is 1. The number of amides is 1. The number of fused-ring (bicyclic) bond motifs is 1. The first-order chi connectivity index (χ1) is 14.5. The van der Waals surface area contributed by atoms with Crippen LogP contribution in [0.5, 0.6) is 5.75 Å². The molecule has 0 unspecified atom stereocenters. The monoisotopic (exact) mass is 411 g/mol. The molecule has 2 aromatic carbocycles. The number of hydrogen-bond donors (Lipinski definition) is 1. The number of aryl methyl sites for hydroxylation is 1. The van der Waals surface area contributed by atoms with Crippen molar-refractivity contribution in [1.82, 2.24) is 5.32 Å². The fraction of sp³-hybridized carbons (Fsp3) is 0.292. The summed E-state index contributed by atoms with van der Waals surface area (Å²) in [6, 6.07) is 8.25. The Balaban J connectivity index is 2.09. The minimum Gasteiger partial charge on any atom is -0.493 e. The lowest BCUT2D eigenvalue weighted by Crippen LogP contribution is -2.25. The quantitative estimate of drug-likeness (QED) is 0.413. The van der Waals surface area contributed by atoms with E-state index in [2.05, 4.69) is 5.32 Å². The van der Waals surface area contributed by atoms with Gasteiger partial charge in [-0.3, -0.25) is 4.79 Å². The Kier molecular flexibility index (Phi) is 6.90. The van der Waals surface area contributed by atoms with Crippen LogP contribution in [0.3, 0.4) is 0 Å². The maximum atomic E-state index is 13.4. The molecule has 30 heavy (non-hydrogen) atoms. The summed E-state index contributed by atoms with van der Waals surface area (Å²) in [6.07, 6.45) is 3.22. The molecule has 6 heteroatoms. The maximum Gasteiger partial charge on any atom is 0.244 e. The van der Waals surface area contributed by atoms with Gasteiger partial charge in [-0.1, -0.05) is 12.1 Å². The molecular weight excluding hydrogens is 385 g/mol. The largest absolute Gasteiger partial charge is 0.493 e. The number of allylic oxidation sites excluding steroid dienone is 1. The van der Waals surface area contributed by atoms with Gasteiger partial charge in [0.05, 0.1) is 19.5 Å². The zero-order chi connectivity index (χ0) is 21.7. The molecule has 0 bridgehead atoms. The van der Waals surface area contributed by atoms with E-state index < -0.39 is 0 Å². The second-order valence-corrected chi connectivity index (χ2v) is 6.96. The average molecular weight is 411 g/mol. The van der Waals surface area contributed by atoms with Gasteiger partial charge >= 0.3 is 0 Å². The summed E-state index contributed by atoms with van der Waals surface area (Å²) in [4.78, 5) is 12.3. The number of nitrogens with one attached hydrogen (secondary N) is 1. The van der Waals surface area contributed by atoms with Crippen LogP contribution < -0.4 is 10.1 Å². The molecule has 0 spiro atoms. The molecule has 0 saturated carbocycles. The van der Waals surface area contributed by atoms with Gasteiger partial charge in [-0.2, -0.15) is 0 Å². The lowest BCUT2D eigenvalue weighted by Gasteiger charge is -2.15. The van der Waals surface area contributed by atoms with Gasteiger partial charge < -0.3 is 19.2 Å². The van der Waals surface area contributed by atoms with Crippen molar-refractivity contribution in [3.8, 4) is 16.9 Å². The van der Waals surface area contributed by atoms with Crippen molar-refractivity contribution in [3.05, 3.63) is 59.6 Å². The molecule has 0 saturated heterocycles. The highest BCUT2D eigenvalue weighted by Gasteiger charge is 2.19. The standard InChI is InChI=1S/C24H26FNO4/c1-5-29-23-16(3)24-20(21(14-30-24)17-6-8-18(25)9-7-17)13-19(23)15(2)12-22(27)26-10-11-28-4/h6-9,12-14H,5,10-11H2,1-4H3,(H,26,27)/b15-12+. The van der Waals surface area contributed by atoms with E-state index in [9.17, 15) is 9.18 Å². The number of rotatable bonds is 8. The van der Waals surface area contributed by atoms with Crippen LogP contribution in [0.1, 0.15) is 25.0 Å². The number of methoxy groups -OCH3 is 1. The first kappa shape index (κ1) is 21.6. The van der Waals surface area contributed by atoms with Crippen molar-refractivity contribution in [2.45, 2.75) is 20.8 Å². The molecule has 3 rings (SSSR count). The van der Waals surface area contributed by atoms with E-state index in [1.807, 2.05) is 26.8 Å². The molecule has 3 aromatic rings. The van der Waals surface area contributed by atoms with Crippen molar-refractivity contribution < 1.29 is 23.1 Å². The minimum absolute atomic E-state index is 0.198. The van der Waals surface area contributed by atoms with Gasteiger partial charge in [0.1, 0.15) is 17.1 Å². The van der Waals surface area contributed by atoms with Crippen LogP contribution in [0.25, 0.3) is 27.7 Å². The Morgan fingerprint density at radius 3 is 2.67 bits per heavy atom. The molecule has 1 aromatic heterocycles. The van der Waals surface area contributed by atoms with Gasteiger partial charge in [0.25, 0.3) is 0 Å². The van der Waals surface area contributed by atoms with Gasteiger partial charge in [-0.25, -0.2) is 4.39 Å². The molecule has 1 N–H and O–H groups in total. The Hall–Kier alpha value is -3.12. The fourth-order valence-electron chi connectivity index (χ4n) is 3.39. The van der Waals surface area contributed by atoms with Crippen LogP contribution >= 0.6 is 0 Å². The Morgan fingerprint density at radius 2 is 2.00 bits per heavy atom. The van der Waals surface area contributed by atoms with Crippen LogP contribution in [-0.4, -0.2) is 32.8 Å². The van der Waals surface area contributed by atoms with Gasteiger partial charge in [-0.05, 0) is 50.1 Å². The lowest BCUT2D eigenvalue weighted by atomic mass is 9.96. The van der Waals surface area contributed by atoms with E-state index in [0.717, 1.165) is 33.2 Å². The summed E-state index contributed by atoms with van der Waals surface area (Å²) in [5.74, 6) is 0.194. The molecule has 0 radical (unpaired) electrons. The second-order valence-electron chi connectivity index (χ2n) is 6.96. The summed E-state index contributed by atoms with van der Waals surface area (Å²) in [5, 5.41) is 3.67. The Bertz CT molecular complexity index is 1070. The number of benzene rings is 2.